The van der Waals surface area contributed by atoms with E-state index in [4.69, 9.17) is 4.74 Å². The molecule has 0 radical (unpaired) electrons. The van der Waals surface area contributed by atoms with Gasteiger partial charge in [-0.25, -0.2) is 0 Å². The van der Waals surface area contributed by atoms with E-state index in [2.05, 4.69) is 10.2 Å². The Labute approximate surface area is 95.9 Å². The molecule has 7 heteroatoms. The Morgan fingerprint density at radius 2 is 2.60 bits per heavy atom. The van der Waals surface area contributed by atoms with Crippen LogP contribution in [0.15, 0.2) is 9.85 Å². The number of hydrogen-bond acceptors (Lipinski definition) is 7. The van der Waals surface area contributed by atoms with Crippen LogP contribution in [-0.2, 0) is 9.53 Å². The van der Waals surface area contributed by atoms with Crippen LogP contribution in [0, 0.1) is 0 Å². The normalized spacial score (nSPS) is 12.4. The SMILES string of the molecule is CCOC(=O)CC(O)CSc1nncs1. The minimum Gasteiger partial charge on any atom is -0.466 e. The molecule has 1 rings (SSSR count). The molecule has 0 saturated carbocycles. The molecule has 1 unspecified atom stereocenters. The summed E-state index contributed by atoms with van der Waals surface area (Å²) in [5.74, 6) is 0.0523. The molecule has 1 N–H and O–H groups in total. The molecule has 0 aliphatic heterocycles. The Morgan fingerprint density at radius 3 is 3.20 bits per heavy atom. The van der Waals surface area contributed by atoms with Crippen molar-refractivity contribution in [3.8, 4) is 0 Å². The van der Waals surface area contributed by atoms with E-state index in [1.54, 1.807) is 12.4 Å². The molecule has 1 atom stereocenters. The summed E-state index contributed by atoms with van der Waals surface area (Å²) in [6, 6.07) is 0. The monoisotopic (exact) mass is 248 g/mol. The van der Waals surface area contributed by atoms with Crippen molar-refractivity contribution in [1.82, 2.24) is 10.2 Å². The highest BCUT2D eigenvalue weighted by Crippen LogP contribution is 2.20. The fourth-order valence-corrected chi connectivity index (χ4v) is 2.31. The number of hydrogen-bond donors (Lipinski definition) is 1. The van der Waals surface area contributed by atoms with Gasteiger partial charge in [0.15, 0.2) is 4.34 Å². The number of rotatable bonds is 6. The Balaban J connectivity index is 2.18. The van der Waals surface area contributed by atoms with Crippen LogP contribution in [0.1, 0.15) is 13.3 Å². The lowest BCUT2D eigenvalue weighted by Crippen LogP contribution is -2.17. The zero-order valence-corrected chi connectivity index (χ0v) is 9.88. The van der Waals surface area contributed by atoms with Gasteiger partial charge < -0.3 is 9.84 Å². The summed E-state index contributed by atoms with van der Waals surface area (Å²) in [5.41, 5.74) is 1.63. The third kappa shape index (κ3) is 5.10. The molecule has 84 valence electrons. The Kier molecular flexibility index (Phi) is 5.59. The van der Waals surface area contributed by atoms with E-state index in [0.29, 0.717) is 12.4 Å². The number of aliphatic hydroxyl groups is 1. The van der Waals surface area contributed by atoms with Crippen LogP contribution in [0.5, 0.6) is 0 Å². The molecule has 0 amide bonds. The summed E-state index contributed by atoms with van der Waals surface area (Å²) in [6.45, 7) is 2.08. The van der Waals surface area contributed by atoms with Crippen LogP contribution in [0.2, 0.25) is 0 Å². The van der Waals surface area contributed by atoms with Crippen molar-refractivity contribution >= 4 is 29.1 Å². The van der Waals surface area contributed by atoms with Gasteiger partial charge in [0.05, 0.1) is 19.1 Å². The van der Waals surface area contributed by atoms with Gasteiger partial charge in [0.1, 0.15) is 5.51 Å². The van der Waals surface area contributed by atoms with Gasteiger partial charge in [0, 0.05) is 5.75 Å². The highest BCUT2D eigenvalue weighted by molar-refractivity contribution is 8.01. The zero-order valence-electron chi connectivity index (χ0n) is 8.25. The second-order valence-corrected chi connectivity index (χ2v) is 4.78. The molecule has 0 bridgehead atoms. The smallest absolute Gasteiger partial charge is 0.308 e. The number of carbonyl (C=O) groups is 1. The highest BCUT2D eigenvalue weighted by atomic mass is 32.2. The van der Waals surface area contributed by atoms with Gasteiger partial charge in [-0.2, -0.15) is 0 Å². The van der Waals surface area contributed by atoms with Gasteiger partial charge in [-0.3, -0.25) is 4.79 Å². The quantitative estimate of drug-likeness (QED) is 0.597. The molecular formula is C8H12N2O3S2. The number of ether oxygens (including phenoxy) is 1. The van der Waals surface area contributed by atoms with E-state index < -0.39 is 6.10 Å². The van der Waals surface area contributed by atoms with Crippen LogP contribution in [0.25, 0.3) is 0 Å². The van der Waals surface area contributed by atoms with Gasteiger partial charge in [0.2, 0.25) is 0 Å². The molecular weight excluding hydrogens is 236 g/mol. The lowest BCUT2D eigenvalue weighted by molar-refractivity contribution is -0.144. The van der Waals surface area contributed by atoms with Crippen LogP contribution < -0.4 is 0 Å². The highest BCUT2D eigenvalue weighted by Gasteiger charge is 2.12. The van der Waals surface area contributed by atoms with Crippen molar-refractivity contribution in [2.24, 2.45) is 0 Å². The Morgan fingerprint density at radius 1 is 1.80 bits per heavy atom. The molecule has 0 saturated heterocycles. The number of thioether (sulfide) groups is 1. The van der Waals surface area contributed by atoms with Gasteiger partial charge in [-0.1, -0.05) is 23.1 Å². The molecule has 0 spiro atoms. The van der Waals surface area contributed by atoms with Crippen LogP contribution in [0.3, 0.4) is 0 Å². The summed E-state index contributed by atoms with van der Waals surface area (Å²) >= 11 is 2.79. The average Bonchev–Trinajstić information content (AvgIpc) is 2.67. The van der Waals surface area contributed by atoms with Gasteiger partial charge >= 0.3 is 5.97 Å². The van der Waals surface area contributed by atoms with Crippen molar-refractivity contribution in [2.75, 3.05) is 12.4 Å². The summed E-state index contributed by atoms with van der Waals surface area (Å²) < 4.78 is 5.51. The second-order valence-electron chi connectivity index (χ2n) is 2.68. The number of aliphatic hydroxyl groups excluding tert-OH is 1. The molecule has 0 aliphatic carbocycles. The lowest BCUT2D eigenvalue weighted by atomic mass is 10.3. The third-order valence-corrected chi connectivity index (χ3v) is 3.45. The maximum atomic E-state index is 11.0. The first-order valence-corrected chi connectivity index (χ1v) is 6.31. The Hall–Kier alpha value is -0.660. The zero-order chi connectivity index (χ0) is 11.1. The van der Waals surface area contributed by atoms with Gasteiger partial charge in [-0.05, 0) is 6.92 Å². The van der Waals surface area contributed by atoms with Crippen molar-refractivity contribution < 1.29 is 14.6 Å². The topological polar surface area (TPSA) is 72.3 Å². The van der Waals surface area contributed by atoms with Gasteiger partial charge in [0.25, 0.3) is 0 Å². The average molecular weight is 248 g/mol. The number of aromatic nitrogens is 2. The fraction of sp³-hybridized carbons (Fsp3) is 0.625. The predicted molar refractivity (Wildman–Crippen MR) is 57.9 cm³/mol. The largest absolute Gasteiger partial charge is 0.466 e. The molecule has 0 fully saturated rings. The van der Waals surface area contributed by atoms with E-state index >= 15 is 0 Å². The predicted octanol–water partition coefficient (Wildman–Crippen LogP) is 0.944. The van der Waals surface area contributed by atoms with Crippen molar-refractivity contribution in [2.45, 2.75) is 23.8 Å². The molecule has 0 aliphatic rings. The van der Waals surface area contributed by atoms with E-state index in [0.717, 1.165) is 4.34 Å². The van der Waals surface area contributed by atoms with E-state index in [1.165, 1.54) is 23.1 Å². The van der Waals surface area contributed by atoms with Crippen molar-refractivity contribution in [3.05, 3.63) is 5.51 Å². The summed E-state index contributed by atoms with van der Waals surface area (Å²) in [6.07, 6.45) is -0.669. The van der Waals surface area contributed by atoms with Crippen LogP contribution in [0.4, 0.5) is 0 Å². The maximum absolute atomic E-state index is 11.0. The second kappa shape index (κ2) is 6.76. The number of esters is 1. The molecule has 0 aromatic carbocycles. The van der Waals surface area contributed by atoms with E-state index in [9.17, 15) is 9.90 Å². The first-order chi connectivity index (χ1) is 7.22. The summed E-state index contributed by atoms with van der Waals surface area (Å²) in [4.78, 5) is 11.0. The molecule has 1 aromatic rings. The van der Waals surface area contributed by atoms with Gasteiger partial charge in [-0.15, -0.1) is 10.2 Å². The van der Waals surface area contributed by atoms with E-state index in [1.807, 2.05) is 0 Å². The first kappa shape index (κ1) is 12.4. The van der Waals surface area contributed by atoms with Crippen LogP contribution in [-0.4, -0.2) is 39.7 Å². The molecule has 1 aromatic heterocycles. The van der Waals surface area contributed by atoms with Crippen LogP contribution >= 0.6 is 23.1 Å². The van der Waals surface area contributed by atoms with E-state index in [-0.39, 0.29) is 12.4 Å². The number of carbonyl (C=O) groups excluding carboxylic acids is 1. The minimum absolute atomic E-state index is 0.0274. The van der Waals surface area contributed by atoms with Crippen molar-refractivity contribution in [1.29, 1.82) is 0 Å². The molecule has 1 heterocycles. The first-order valence-electron chi connectivity index (χ1n) is 4.45. The lowest BCUT2D eigenvalue weighted by Gasteiger charge is -2.07. The minimum atomic E-state index is -0.696. The fourth-order valence-electron chi connectivity index (χ4n) is 0.865. The Bertz CT molecular complexity index is 292. The molecule has 5 nitrogen and oxygen atoms in total. The van der Waals surface area contributed by atoms with Crippen molar-refractivity contribution in [3.63, 3.8) is 0 Å². The summed E-state index contributed by atoms with van der Waals surface area (Å²) in [7, 11) is 0. The molecule has 15 heavy (non-hydrogen) atoms. The standard InChI is InChI=1S/C8H12N2O3S2/c1-2-13-7(12)3-6(11)4-14-8-10-9-5-15-8/h5-6,11H,2-4H2,1H3. The number of nitrogens with zero attached hydrogens (tertiary/aromatic N) is 2. The maximum Gasteiger partial charge on any atom is 0.308 e. The third-order valence-electron chi connectivity index (χ3n) is 1.45. The summed E-state index contributed by atoms with van der Waals surface area (Å²) in [5, 5.41) is 17.0.